The Kier molecular flexibility index (Phi) is 25.7. The van der Waals surface area contributed by atoms with Gasteiger partial charge in [-0.25, -0.2) is 22.4 Å². The van der Waals surface area contributed by atoms with Crippen LogP contribution < -0.4 is 41.3 Å². The van der Waals surface area contributed by atoms with Crippen LogP contribution in [0.2, 0.25) is 0 Å². The van der Waals surface area contributed by atoms with Crippen molar-refractivity contribution < 1.29 is 61.0 Å². The van der Waals surface area contributed by atoms with Crippen molar-refractivity contribution in [3.05, 3.63) is 262 Å². The van der Waals surface area contributed by atoms with Crippen molar-refractivity contribution >= 4 is 70.1 Å². The topological polar surface area (TPSA) is 374 Å². The molecule has 0 saturated heterocycles. The van der Waals surface area contributed by atoms with E-state index in [2.05, 4.69) is 56.7 Å². The third kappa shape index (κ3) is 20.0. The molecule has 4 atom stereocenters. The molecule has 8 aromatic heterocycles. The molecular formula is C80H86F4N24O9. The Morgan fingerprint density at radius 1 is 0.350 bits per heavy atom. The third-order valence-corrected chi connectivity index (χ3v) is 19.6. The van der Waals surface area contributed by atoms with E-state index in [1.807, 2.05) is 135 Å². The molecule has 0 fully saturated rings. The zero-order chi connectivity index (χ0) is 83.5. The molecule has 0 spiro atoms. The van der Waals surface area contributed by atoms with Gasteiger partial charge in [0, 0.05) is 81.2 Å². The van der Waals surface area contributed by atoms with E-state index in [-0.39, 0.29) is 46.8 Å². The van der Waals surface area contributed by atoms with Crippen molar-refractivity contribution in [1.82, 2.24) is 94.2 Å². The number of halogens is 4. The maximum atomic E-state index is 14.3. The van der Waals surface area contributed by atoms with E-state index in [0.717, 1.165) is 63.3 Å². The molecule has 4 aliphatic rings. The Morgan fingerprint density at radius 3 is 0.829 bits per heavy atom. The fourth-order valence-corrected chi connectivity index (χ4v) is 13.7. The highest BCUT2D eigenvalue weighted by Gasteiger charge is 2.37. The zero-order valence-electron chi connectivity index (χ0n) is 65.2. The summed E-state index contributed by atoms with van der Waals surface area (Å²) in [5, 5.41) is 49.8. The minimum atomic E-state index is -1.36. The van der Waals surface area contributed by atoms with Gasteiger partial charge in [0.25, 0.3) is 17.7 Å². The highest BCUT2D eigenvalue weighted by molar-refractivity contribution is 6.04. The number of hydrogen-bond donors (Lipinski definition) is 5. The van der Waals surface area contributed by atoms with Crippen molar-refractivity contribution in [1.29, 1.82) is 0 Å². The van der Waals surface area contributed by atoms with Crippen LogP contribution >= 0.6 is 0 Å². The number of likely N-dealkylation sites (N-methyl/N-ethyl adjacent to an activating group) is 4. The lowest BCUT2D eigenvalue weighted by Crippen LogP contribution is -2.47. The van der Waals surface area contributed by atoms with Crippen LogP contribution in [0.1, 0.15) is 113 Å². The molecule has 117 heavy (non-hydrogen) atoms. The number of rotatable bonds is 15. The smallest absolute Gasteiger partial charge is 0.359 e. The molecule has 0 bridgehead atoms. The number of hydrogen-bond acceptors (Lipinski definition) is 17. The SMILES string of the molecule is CN1C(=O)C(N)CCc2nn(C)cc21.CN1C(=O)C(NC(=O)c2nn(Cc3ccccc3)cc2F)CCc2nn(C)cc21.CN1C(=O)[C@@H](NC(=O)c2nn(Cc3ccccc3)cc2F)CCc2nn(C)cc21.CN1C(=O)[C@H](NC(=O)c2nn(Cc3ccccc3)cc2F)CCc2nn(C)cc21.O=C(O)c1nn(Cc2ccccc2)cc1F. The number of carboxylic acids is 1. The van der Waals surface area contributed by atoms with Crippen molar-refractivity contribution in [3.63, 3.8) is 0 Å². The van der Waals surface area contributed by atoms with Crippen molar-refractivity contribution in [2.24, 2.45) is 33.9 Å². The van der Waals surface area contributed by atoms with Crippen molar-refractivity contribution in [2.75, 3.05) is 47.8 Å². The predicted octanol–water partition coefficient (Wildman–Crippen LogP) is 5.96. The molecule has 0 saturated carbocycles. The largest absolute Gasteiger partial charge is 0.476 e. The van der Waals surface area contributed by atoms with Gasteiger partial charge in [-0.15, -0.1) is 0 Å². The minimum Gasteiger partial charge on any atom is -0.476 e. The Balaban J connectivity index is 0.000000138. The fraction of sp³-hybridized carbons (Fsp3) is 0.300. The number of amides is 7. The Bertz CT molecular complexity index is 5170. The normalized spacial score (nSPS) is 16.3. The Labute approximate surface area is 667 Å². The second-order valence-corrected chi connectivity index (χ2v) is 28.3. The second kappa shape index (κ2) is 36.4. The lowest BCUT2D eigenvalue weighted by Gasteiger charge is -2.20. The molecule has 608 valence electrons. The maximum Gasteiger partial charge on any atom is 0.359 e. The maximum absolute atomic E-state index is 14.3. The summed E-state index contributed by atoms with van der Waals surface area (Å²) in [6.45, 7) is 1.39. The number of aromatic carboxylic acids is 1. The first-order valence-corrected chi connectivity index (χ1v) is 37.2. The molecule has 6 N–H and O–H groups in total. The standard InChI is InChI=1S/3C20H21FN6O2.C11H9FN2O2.C9H14N4O/c3*1-25-12-17-15(23-25)8-9-16(20(29)26(17)2)22-19(28)18-14(21)11-27(24-18)10-13-6-4-3-5-7-13;12-9-7-14(13-10(9)11(15)16)6-8-4-2-1-3-5-8;1-12-5-8-7(11-12)4-3-6(10)9(14)13(8)2/h3*3-7,11-12,16H,8-10H2,1-2H3,(H,22,28);1-5,7H,6H2,(H,15,16);5-6H,3-4,10H2,1-2H3/t2*16-;;;/m10.../s1. The lowest BCUT2D eigenvalue weighted by atomic mass is 10.1. The van der Waals surface area contributed by atoms with Crippen LogP contribution in [0, 0.1) is 23.3 Å². The molecule has 4 aromatic carbocycles. The van der Waals surface area contributed by atoms with Crippen LogP contribution in [0.5, 0.6) is 0 Å². The van der Waals surface area contributed by atoms with Gasteiger partial charge >= 0.3 is 5.97 Å². The number of carboxylic acid groups (broad SMARTS) is 1. The molecule has 16 rings (SSSR count). The minimum absolute atomic E-state index is 0.0308. The number of nitrogens with zero attached hydrogens (tertiary/aromatic N) is 20. The van der Waals surface area contributed by atoms with Gasteiger partial charge in [-0.2, -0.15) is 40.8 Å². The zero-order valence-corrected chi connectivity index (χ0v) is 65.2. The van der Waals surface area contributed by atoms with Gasteiger partial charge in [0.15, 0.2) is 40.4 Å². The van der Waals surface area contributed by atoms with Crippen LogP contribution in [-0.2, 0) is 99.2 Å². The van der Waals surface area contributed by atoms with Gasteiger partial charge in [-0.1, -0.05) is 121 Å². The van der Waals surface area contributed by atoms with E-state index in [1.54, 1.807) is 91.6 Å². The summed E-state index contributed by atoms with van der Waals surface area (Å²) in [6.07, 6.45) is 16.0. The highest BCUT2D eigenvalue weighted by atomic mass is 19.1. The van der Waals surface area contributed by atoms with E-state index >= 15 is 0 Å². The number of fused-ring (bicyclic) bond motifs is 4. The molecule has 4 aliphatic heterocycles. The fourth-order valence-electron chi connectivity index (χ4n) is 13.7. The molecule has 0 aliphatic carbocycles. The van der Waals surface area contributed by atoms with Crippen LogP contribution in [0.3, 0.4) is 0 Å². The molecule has 12 aromatic rings. The number of nitrogens with two attached hydrogens (primary N) is 1. The summed E-state index contributed by atoms with van der Waals surface area (Å²) < 4.78 is 68.2. The number of aromatic nitrogens is 16. The quantitative estimate of drug-likeness (QED) is 0.0739. The predicted molar refractivity (Wildman–Crippen MR) is 419 cm³/mol. The van der Waals surface area contributed by atoms with E-state index in [4.69, 9.17) is 10.8 Å². The van der Waals surface area contributed by atoms with E-state index in [9.17, 15) is 55.9 Å². The van der Waals surface area contributed by atoms with Crippen molar-refractivity contribution in [2.45, 2.75) is 102 Å². The molecule has 37 heteroatoms. The van der Waals surface area contributed by atoms with Gasteiger partial charge in [0.2, 0.25) is 29.3 Å². The number of nitrogens with one attached hydrogen (secondary N) is 3. The number of aryl methyl sites for hydroxylation is 8. The second-order valence-electron chi connectivity index (χ2n) is 28.3. The first kappa shape index (κ1) is 82.5. The summed E-state index contributed by atoms with van der Waals surface area (Å²) in [4.78, 5) is 104. The average Bonchev–Trinajstić information content (AvgIpc) is 1.67. The number of benzene rings is 4. The molecule has 2 unspecified atom stereocenters. The Hall–Kier alpha value is -14.0. The van der Waals surface area contributed by atoms with Crippen LogP contribution in [0.15, 0.2) is 171 Å². The molecule has 0 radical (unpaired) electrons. The van der Waals surface area contributed by atoms with Crippen LogP contribution in [0.4, 0.5) is 40.3 Å². The summed E-state index contributed by atoms with van der Waals surface area (Å²) in [7, 11) is 13.9. The van der Waals surface area contributed by atoms with Gasteiger partial charge in [0.1, 0.15) is 18.1 Å². The van der Waals surface area contributed by atoms with Crippen LogP contribution in [0.25, 0.3) is 0 Å². The van der Waals surface area contributed by atoms with Crippen LogP contribution in [-0.4, -0.2) is 183 Å². The summed E-state index contributed by atoms with van der Waals surface area (Å²) >= 11 is 0. The van der Waals surface area contributed by atoms with Gasteiger partial charge in [-0.05, 0) is 73.6 Å². The number of carbonyl (C=O) groups excluding carboxylic acids is 7. The van der Waals surface area contributed by atoms with E-state index < -0.39 is 70.8 Å². The molecule has 33 nitrogen and oxygen atoms in total. The first-order valence-electron chi connectivity index (χ1n) is 37.2. The van der Waals surface area contributed by atoms with Gasteiger partial charge < -0.3 is 46.4 Å². The van der Waals surface area contributed by atoms with Gasteiger partial charge in [0.05, 0.1) is 103 Å². The summed E-state index contributed by atoms with van der Waals surface area (Å²) in [5.41, 5.74) is 14.3. The Morgan fingerprint density at radius 2 is 0.581 bits per heavy atom. The summed E-state index contributed by atoms with van der Waals surface area (Å²) in [6, 6.07) is 34.9. The molecule has 7 amide bonds. The third-order valence-electron chi connectivity index (χ3n) is 19.6. The number of carbonyl (C=O) groups is 8. The number of anilines is 4. The first-order chi connectivity index (χ1) is 56.0. The molecular weight excluding hydrogens is 1520 g/mol. The van der Waals surface area contributed by atoms with E-state index in [1.165, 1.54) is 52.0 Å². The summed E-state index contributed by atoms with van der Waals surface area (Å²) in [5.74, 6) is -7.30. The van der Waals surface area contributed by atoms with E-state index in [0.29, 0.717) is 88.2 Å². The highest BCUT2D eigenvalue weighted by Crippen LogP contribution is 2.29. The molecule has 12 heterocycles. The lowest BCUT2D eigenvalue weighted by molar-refractivity contribution is -0.120. The average molecular weight is 1600 g/mol. The monoisotopic (exact) mass is 1600 g/mol. The van der Waals surface area contributed by atoms with Gasteiger partial charge in [-0.3, -0.25) is 71.0 Å². The van der Waals surface area contributed by atoms with Crippen molar-refractivity contribution in [3.8, 4) is 0 Å².